The number of hydrogen-bond donors (Lipinski definition) is 2. The van der Waals surface area contributed by atoms with Gasteiger partial charge in [-0.1, -0.05) is 30.9 Å². The van der Waals surface area contributed by atoms with E-state index >= 15 is 0 Å². The summed E-state index contributed by atoms with van der Waals surface area (Å²) < 4.78 is 5.39. The van der Waals surface area contributed by atoms with Crippen LogP contribution in [0.5, 0.6) is 5.75 Å². The summed E-state index contributed by atoms with van der Waals surface area (Å²) >= 11 is 6.24. The molecule has 1 aliphatic carbocycles. The molecule has 0 spiro atoms. The first kappa shape index (κ1) is 21.4. The van der Waals surface area contributed by atoms with Gasteiger partial charge in [0, 0.05) is 30.6 Å². The van der Waals surface area contributed by atoms with Crippen molar-refractivity contribution in [2.45, 2.75) is 69.9 Å². The first-order chi connectivity index (χ1) is 14.6. The normalized spacial score (nSPS) is 26.9. The number of halogens is 1. The molecule has 1 aromatic carbocycles. The molecule has 4 rings (SSSR count). The molecule has 2 atom stereocenters. The quantitative estimate of drug-likeness (QED) is 0.612. The van der Waals surface area contributed by atoms with Gasteiger partial charge in [0.25, 0.3) is 0 Å². The molecule has 1 saturated carbocycles. The Morgan fingerprint density at radius 2 is 1.83 bits per heavy atom. The lowest BCUT2D eigenvalue weighted by molar-refractivity contribution is -0.122. The van der Waals surface area contributed by atoms with E-state index in [0.29, 0.717) is 40.6 Å². The van der Waals surface area contributed by atoms with Crippen LogP contribution < -0.4 is 15.4 Å². The number of fused-ring (bicyclic) bond motifs is 2. The average Bonchev–Trinajstić information content (AvgIpc) is 2.97. The fraction of sp³-hybridized carbons (Fsp3) is 0.652. The number of rotatable bonds is 7. The number of amides is 2. The van der Waals surface area contributed by atoms with Crippen molar-refractivity contribution in [3.05, 3.63) is 17.2 Å². The highest BCUT2D eigenvalue weighted by Crippen LogP contribution is 2.41. The van der Waals surface area contributed by atoms with Gasteiger partial charge in [-0.2, -0.15) is 0 Å². The highest BCUT2D eigenvalue weighted by molar-refractivity contribution is 6.34. The van der Waals surface area contributed by atoms with Crippen molar-refractivity contribution in [2.75, 3.05) is 24.3 Å². The van der Waals surface area contributed by atoms with Gasteiger partial charge < -0.3 is 15.4 Å². The molecule has 0 radical (unpaired) electrons. The van der Waals surface area contributed by atoms with Crippen LogP contribution in [0.2, 0.25) is 5.02 Å². The van der Waals surface area contributed by atoms with Crippen LogP contribution in [-0.4, -0.2) is 43.0 Å². The van der Waals surface area contributed by atoms with Crippen molar-refractivity contribution < 1.29 is 14.3 Å². The fourth-order valence-corrected chi connectivity index (χ4v) is 5.90. The predicted octanol–water partition coefficient (Wildman–Crippen LogP) is 4.68. The molecule has 2 heterocycles. The molecule has 3 fully saturated rings. The predicted molar refractivity (Wildman–Crippen MR) is 119 cm³/mol. The van der Waals surface area contributed by atoms with Crippen LogP contribution in [0.4, 0.5) is 11.4 Å². The number of anilines is 2. The minimum atomic E-state index is 0.0152. The summed E-state index contributed by atoms with van der Waals surface area (Å²) in [6.07, 6.45) is 11.7. The van der Waals surface area contributed by atoms with Crippen molar-refractivity contribution in [3.63, 3.8) is 0 Å². The third kappa shape index (κ3) is 4.59. The van der Waals surface area contributed by atoms with E-state index < -0.39 is 0 Å². The van der Waals surface area contributed by atoms with Gasteiger partial charge in [-0.25, -0.2) is 0 Å². The number of ether oxygens (including phenoxy) is 1. The number of methoxy groups -OCH3 is 1. The van der Waals surface area contributed by atoms with Gasteiger partial charge in [-0.05, 0) is 50.5 Å². The van der Waals surface area contributed by atoms with Crippen molar-refractivity contribution in [1.29, 1.82) is 0 Å². The number of nitrogens with one attached hydrogen (secondary N) is 2. The van der Waals surface area contributed by atoms with Crippen LogP contribution in [-0.2, 0) is 9.59 Å². The largest absolute Gasteiger partial charge is 0.494 e. The molecule has 2 bridgehead atoms. The Balaban J connectivity index is 1.39. The number of benzene rings is 1. The van der Waals surface area contributed by atoms with E-state index in [9.17, 15) is 9.59 Å². The highest BCUT2D eigenvalue weighted by Gasteiger charge is 2.43. The molecule has 2 aliphatic heterocycles. The summed E-state index contributed by atoms with van der Waals surface area (Å²) in [5.41, 5.74) is 0.997. The Morgan fingerprint density at radius 1 is 1.13 bits per heavy atom. The number of hydrogen-bond acceptors (Lipinski definition) is 4. The third-order valence-corrected chi connectivity index (χ3v) is 7.52. The van der Waals surface area contributed by atoms with Crippen LogP contribution in [0.3, 0.4) is 0 Å². The zero-order chi connectivity index (χ0) is 21.1. The zero-order valence-corrected chi connectivity index (χ0v) is 18.4. The van der Waals surface area contributed by atoms with Gasteiger partial charge in [-0.3, -0.25) is 14.5 Å². The second-order valence-corrected chi connectivity index (χ2v) is 9.45. The SMILES string of the molecule is COc1cc(NC=O)c(Cl)cc1NC(=O)C1CC2CCC(C1)N2CC1CCCCC1. The number of piperidine rings is 1. The Hall–Kier alpha value is -1.79. The zero-order valence-electron chi connectivity index (χ0n) is 17.7. The monoisotopic (exact) mass is 433 g/mol. The Bertz CT molecular complexity index is 767. The lowest BCUT2D eigenvalue weighted by atomic mass is 9.85. The van der Waals surface area contributed by atoms with E-state index in [1.54, 1.807) is 12.1 Å². The van der Waals surface area contributed by atoms with Crippen molar-refractivity contribution in [2.24, 2.45) is 11.8 Å². The fourth-order valence-electron chi connectivity index (χ4n) is 5.68. The van der Waals surface area contributed by atoms with Gasteiger partial charge in [-0.15, -0.1) is 0 Å². The second-order valence-electron chi connectivity index (χ2n) is 9.04. The van der Waals surface area contributed by atoms with E-state index in [1.165, 1.54) is 58.6 Å². The van der Waals surface area contributed by atoms with Gasteiger partial charge in [0.05, 0.1) is 23.5 Å². The molecule has 2 saturated heterocycles. The minimum absolute atomic E-state index is 0.0152. The van der Waals surface area contributed by atoms with Crippen molar-refractivity contribution in [3.8, 4) is 5.75 Å². The number of carbonyl (C=O) groups excluding carboxylic acids is 2. The Morgan fingerprint density at radius 3 is 2.47 bits per heavy atom. The van der Waals surface area contributed by atoms with E-state index in [0.717, 1.165) is 18.8 Å². The Labute approximate surface area is 183 Å². The summed E-state index contributed by atoms with van der Waals surface area (Å²) in [6.45, 7) is 1.22. The van der Waals surface area contributed by atoms with E-state index in [1.807, 2.05) is 0 Å². The molecule has 3 aliphatic rings. The number of carbonyl (C=O) groups is 2. The van der Waals surface area contributed by atoms with Gasteiger partial charge in [0.2, 0.25) is 12.3 Å². The first-order valence-electron chi connectivity index (χ1n) is 11.2. The summed E-state index contributed by atoms with van der Waals surface area (Å²) in [5.74, 6) is 1.38. The highest BCUT2D eigenvalue weighted by atomic mass is 35.5. The summed E-state index contributed by atoms with van der Waals surface area (Å²) in [5, 5.41) is 5.93. The molecule has 2 amide bonds. The van der Waals surface area contributed by atoms with Gasteiger partial charge in [0.15, 0.2) is 0 Å². The molecule has 1 aromatic rings. The molecule has 7 heteroatoms. The lowest BCUT2D eigenvalue weighted by Gasteiger charge is -2.41. The molecule has 164 valence electrons. The minimum Gasteiger partial charge on any atom is -0.494 e. The van der Waals surface area contributed by atoms with E-state index in [-0.39, 0.29) is 11.8 Å². The Kier molecular flexibility index (Phi) is 6.84. The molecule has 6 nitrogen and oxygen atoms in total. The first-order valence-corrected chi connectivity index (χ1v) is 11.6. The summed E-state index contributed by atoms with van der Waals surface area (Å²) in [6, 6.07) is 4.33. The van der Waals surface area contributed by atoms with Crippen LogP contribution >= 0.6 is 11.6 Å². The van der Waals surface area contributed by atoms with E-state index in [4.69, 9.17) is 16.3 Å². The molecule has 0 aromatic heterocycles. The maximum absolute atomic E-state index is 13.1. The van der Waals surface area contributed by atoms with Crippen LogP contribution in [0.15, 0.2) is 12.1 Å². The topological polar surface area (TPSA) is 70.7 Å². The summed E-state index contributed by atoms with van der Waals surface area (Å²) in [4.78, 5) is 26.5. The van der Waals surface area contributed by atoms with Crippen molar-refractivity contribution in [1.82, 2.24) is 4.90 Å². The molecular weight excluding hydrogens is 402 g/mol. The standard InChI is InChI=1S/C23H32ClN3O3/c1-30-22-12-20(25-14-28)19(24)11-21(22)26-23(29)16-9-17-7-8-18(10-16)27(17)13-15-5-3-2-4-6-15/h11-12,14-18H,2-10,13H2,1H3,(H,25,28)(H,26,29). The second kappa shape index (κ2) is 9.56. The van der Waals surface area contributed by atoms with E-state index in [2.05, 4.69) is 15.5 Å². The summed E-state index contributed by atoms with van der Waals surface area (Å²) in [7, 11) is 1.54. The lowest BCUT2D eigenvalue weighted by Crippen LogP contribution is -2.47. The molecule has 30 heavy (non-hydrogen) atoms. The average molecular weight is 434 g/mol. The van der Waals surface area contributed by atoms with Crippen LogP contribution in [0.1, 0.15) is 57.8 Å². The van der Waals surface area contributed by atoms with Crippen LogP contribution in [0.25, 0.3) is 0 Å². The smallest absolute Gasteiger partial charge is 0.227 e. The molecular formula is C23H32ClN3O3. The van der Waals surface area contributed by atoms with Crippen LogP contribution in [0, 0.1) is 11.8 Å². The maximum Gasteiger partial charge on any atom is 0.227 e. The van der Waals surface area contributed by atoms with Gasteiger partial charge in [0.1, 0.15) is 5.75 Å². The van der Waals surface area contributed by atoms with Crippen molar-refractivity contribution >= 4 is 35.3 Å². The number of nitrogens with zero attached hydrogens (tertiary/aromatic N) is 1. The molecule has 2 N–H and O–H groups in total. The van der Waals surface area contributed by atoms with Gasteiger partial charge >= 0.3 is 0 Å². The maximum atomic E-state index is 13.1. The molecule has 2 unspecified atom stereocenters. The third-order valence-electron chi connectivity index (χ3n) is 7.21.